The number of hydrogen-bond acceptors (Lipinski definition) is 4. The molecule has 0 aliphatic carbocycles. The summed E-state index contributed by atoms with van der Waals surface area (Å²) in [6.07, 6.45) is 2.17. The normalized spacial score (nSPS) is 20.6. The number of nitrogens with zero attached hydrogens (tertiary/aromatic N) is 2. The van der Waals surface area contributed by atoms with E-state index in [-0.39, 0.29) is 29.5 Å². The number of carbonyl (C=O) groups is 1. The topological polar surface area (TPSA) is 53.0 Å². The van der Waals surface area contributed by atoms with E-state index in [2.05, 4.69) is 25.7 Å². The van der Waals surface area contributed by atoms with Crippen LogP contribution in [0.3, 0.4) is 0 Å². The van der Waals surface area contributed by atoms with Crippen molar-refractivity contribution in [2.45, 2.75) is 66.0 Å². The molecular weight excluding hydrogens is 292 g/mol. The summed E-state index contributed by atoms with van der Waals surface area (Å²) in [4.78, 5) is 17.4. The number of piperidine rings is 1. The van der Waals surface area contributed by atoms with Crippen LogP contribution >= 0.6 is 0 Å². The van der Waals surface area contributed by atoms with Crippen LogP contribution in [0.25, 0.3) is 0 Å². The molecular formula is C18H36N2O3. The lowest BCUT2D eigenvalue weighted by atomic mass is 9.91. The Kier molecular flexibility index (Phi) is 7.49. The minimum absolute atomic E-state index is 0.0223. The molecule has 0 bridgehead atoms. The zero-order valence-corrected chi connectivity index (χ0v) is 15.9. The molecule has 1 heterocycles. The quantitative estimate of drug-likeness (QED) is 0.759. The fraction of sp³-hybridized carbons (Fsp3) is 0.944. The van der Waals surface area contributed by atoms with E-state index in [0.29, 0.717) is 19.8 Å². The molecule has 1 aliphatic heterocycles. The smallest absolute Gasteiger partial charge is 0.228 e. The molecule has 1 unspecified atom stereocenters. The highest BCUT2D eigenvalue weighted by atomic mass is 16.5. The number of hydrogen-bond donors (Lipinski definition) is 1. The van der Waals surface area contributed by atoms with Crippen LogP contribution < -0.4 is 0 Å². The Bertz CT molecular complexity index is 371. The predicted molar refractivity (Wildman–Crippen MR) is 93.4 cm³/mol. The molecule has 5 heteroatoms. The van der Waals surface area contributed by atoms with Gasteiger partial charge in [0.2, 0.25) is 5.91 Å². The maximum atomic E-state index is 12.9. The van der Waals surface area contributed by atoms with Crippen LogP contribution in [-0.2, 0) is 9.53 Å². The van der Waals surface area contributed by atoms with Crippen LogP contribution in [0.5, 0.6) is 0 Å². The average molecular weight is 328 g/mol. The van der Waals surface area contributed by atoms with Gasteiger partial charge in [-0.25, -0.2) is 0 Å². The molecule has 0 radical (unpaired) electrons. The second-order valence-corrected chi connectivity index (χ2v) is 8.50. The summed E-state index contributed by atoms with van der Waals surface area (Å²) in [6, 6.07) is 0.243. The Morgan fingerprint density at radius 1 is 1.22 bits per heavy atom. The predicted octanol–water partition coefficient (Wildman–Crippen LogP) is 2.13. The maximum absolute atomic E-state index is 12.9. The Morgan fingerprint density at radius 3 is 2.39 bits per heavy atom. The Hall–Kier alpha value is -0.650. The van der Waals surface area contributed by atoms with Crippen LogP contribution in [-0.4, -0.2) is 71.8 Å². The molecule has 0 aromatic carbocycles. The van der Waals surface area contributed by atoms with Crippen molar-refractivity contribution in [1.29, 1.82) is 0 Å². The molecule has 0 saturated carbocycles. The summed E-state index contributed by atoms with van der Waals surface area (Å²) in [5.41, 5.74) is -0.260. The van der Waals surface area contributed by atoms with Gasteiger partial charge in [0.05, 0.1) is 19.8 Å². The van der Waals surface area contributed by atoms with Gasteiger partial charge in [-0.15, -0.1) is 0 Å². The average Bonchev–Trinajstić information content (AvgIpc) is 2.45. The van der Waals surface area contributed by atoms with Crippen LogP contribution in [0.1, 0.15) is 54.4 Å². The highest BCUT2D eigenvalue weighted by Crippen LogP contribution is 2.26. The SMILES string of the molecule is CC(C)(C)C(=O)N(CCOCCO)C1CCCN(C(C)(C)C)C1. The molecule has 5 nitrogen and oxygen atoms in total. The van der Waals surface area contributed by atoms with Crippen LogP contribution in [0.15, 0.2) is 0 Å². The van der Waals surface area contributed by atoms with Crippen molar-refractivity contribution in [3.8, 4) is 0 Å². The van der Waals surface area contributed by atoms with E-state index >= 15 is 0 Å². The second kappa shape index (κ2) is 8.45. The molecule has 0 aromatic heterocycles. The third kappa shape index (κ3) is 6.40. The van der Waals surface area contributed by atoms with Crippen molar-refractivity contribution in [3.63, 3.8) is 0 Å². The van der Waals surface area contributed by atoms with E-state index in [9.17, 15) is 4.79 Å². The second-order valence-electron chi connectivity index (χ2n) is 8.50. The van der Waals surface area contributed by atoms with Gasteiger partial charge in [0, 0.05) is 30.1 Å². The molecule has 136 valence electrons. The highest BCUT2D eigenvalue weighted by Gasteiger charge is 2.36. The highest BCUT2D eigenvalue weighted by molar-refractivity contribution is 5.81. The van der Waals surface area contributed by atoms with Gasteiger partial charge in [-0.3, -0.25) is 9.69 Å². The molecule has 1 N–H and O–H groups in total. The third-order valence-corrected chi connectivity index (χ3v) is 4.40. The summed E-state index contributed by atoms with van der Waals surface area (Å²) < 4.78 is 5.40. The van der Waals surface area contributed by atoms with E-state index in [0.717, 1.165) is 25.9 Å². The van der Waals surface area contributed by atoms with Gasteiger partial charge in [-0.05, 0) is 40.2 Å². The van der Waals surface area contributed by atoms with Crippen molar-refractivity contribution < 1.29 is 14.6 Å². The zero-order valence-electron chi connectivity index (χ0n) is 15.9. The number of carbonyl (C=O) groups excluding carboxylic acids is 1. The van der Waals surface area contributed by atoms with Crippen molar-refractivity contribution >= 4 is 5.91 Å². The van der Waals surface area contributed by atoms with E-state index in [1.807, 2.05) is 25.7 Å². The molecule has 1 aliphatic rings. The lowest BCUT2D eigenvalue weighted by Gasteiger charge is -2.46. The first-order valence-corrected chi connectivity index (χ1v) is 8.82. The molecule has 1 saturated heterocycles. The molecule has 0 spiro atoms. The minimum Gasteiger partial charge on any atom is -0.394 e. The Morgan fingerprint density at radius 2 is 1.87 bits per heavy atom. The van der Waals surface area contributed by atoms with E-state index in [1.165, 1.54) is 0 Å². The standard InChI is InChI=1S/C18H36N2O3/c1-17(2,3)16(22)20(10-12-23-13-11-21)15-8-7-9-19(14-15)18(4,5)6/h15,21H,7-14H2,1-6H3. The Labute approximate surface area is 142 Å². The first-order valence-electron chi connectivity index (χ1n) is 8.82. The first-order chi connectivity index (χ1) is 10.6. The fourth-order valence-corrected chi connectivity index (χ4v) is 3.03. The number of ether oxygens (including phenoxy) is 1. The molecule has 1 fully saturated rings. The number of likely N-dealkylation sites (tertiary alicyclic amines) is 1. The summed E-state index contributed by atoms with van der Waals surface area (Å²) >= 11 is 0. The van der Waals surface area contributed by atoms with Crippen molar-refractivity contribution in [1.82, 2.24) is 9.80 Å². The number of rotatable bonds is 6. The number of aliphatic hydroxyl groups excluding tert-OH is 1. The monoisotopic (exact) mass is 328 g/mol. The molecule has 0 aromatic rings. The largest absolute Gasteiger partial charge is 0.394 e. The minimum atomic E-state index is -0.388. The summed E-state index contributed by atoms with van der Waals surface area (Å²) in [6.45, 7) is 16.1. The van der Waals surface area contributed by atoms with Gasteiger partial charge in [-0.2, -0.15) is 0 Å². The van der Waals surface area contributed by atoms with Crippen molar-refractivity contribution in [2.24, 2.45) is 5.41 Å². The lowest BCUT2D eigenvalue weighted by Crippen LogP contribution is -2.57. The third-order valence-electron chi connectivity index (χ3n) is 4.40. The first kappa shape index (κ1) is 20.4. The van der Waals surface area contributed by atoms with E-state index < -0.39 is 0 Å². The van der Waals surface area contributed by atoms with Gasteiger partial charge in [0.15, 0.2) is 0 Å². The van der Waals surface area contributed by atoms with Crippen LogP contribution in [0, 0.1) is 5.41 Å². The van der Waals surface area contributed by atoms with Gasteiger partial charge in [0.25, 0.3) is 0 Å². The fourth-order valence-electron chi connectivity index (χ4n) is 3.03. The van der Waals surface area contributed by atoms with Gasteiger partial charge < -0.3 is 14.7 Å². The summed E-state index contributed by atoms with van der Waals surface area (Å²) in [5, 5.41) is 8.83. The van der Waals surface area contributed by atoms with Gasteiger partial charge >= 0.3 is 0 Å². The van der Waals surface area contributed by atoms with Crippen LogP contribution in [0.2, 0.25) is 0 Å². The van der Waals surface area contributed by atoms with Crippen molar-refractivity contribution in [2.75, 3.05) is 39.5 Å². The Balaban J connectivity index is 2.79. The van der Waals surface area contributed by atoms with Crippen molar-refractivity contribution in [3.05, 3.63) is 0 Å². The number of aliphatic hydroxyl groups is 1. The molecule has 23 heavy (non-hydrogen) atoms. The zero-order chi connectivity index (χ0) is 17.7. The maximum Gasteiger partial charge on any atom is 0.228 e. The molecule has 1 atom stereocenters. The van der Waals surface area contributed by atoms with E-state index in [1.54, 1.807) is 0 Å². The number of amides is 1. The summed E-state index contributed by atoms with van der Waals surface area (Å²) in [7, 11) is 0. The lowest BCUT2D eigenvalue weighted by molar-refractivity contribution is -0.144. The molecule has 1 amide bonds. The van der Waals surface area contributed by atoms with Gasteiger partial charge in [0.1, 0.15) is 0 Å². The summed E-state index contributed by atoms with van der Waals surface area (Å²) in [5.74, 6) is 0.186. The van der Waals surface area contributed by atoms with Gasteiger partial charge in [-0.1, -0.05) is 20.8 Å². The molecule has 1 rings (SSSR count). The van der Waals surface area contributed by atoms with Crippen LogP contribution in [0.4, 0.5) is 0 Å². The van der Waals surface area contributed by atoms with E-state index in [4.69, 9.17) is 9.84 Å².